The average molecular weight is 224 g/mol. The molecule has 4 atom stereocenters. The molecule has 2 rings (SSSR count). The Balaban J connectivity index is 1.72. The van der Waals surface area contributed by atoms with E-state index in [0.29, 0.717) is 0 Å². The van der Waals surface area contributed by atoms with Gasteiger partial charge in [0.25, 0.3) is 0 Å². The van der Waals surface area contributed by atoms with Crippen LogP contribution >= 0.6 is 0 Å². The fourth-order valence-corrected chi connectivity index (χ4v) is 3.72. The summed E-state index contributed by atoms with van der Waals surface area (Å²) in [5.41, 5.74) is 0. The third-order valence-corrected chi connectivity index (χ3v) is 4.97. The second-order valence-corrected chi connectivity index (χ2v) is 6.12. The topological polar surface area (TPSA) is 15.3 Å². The second-order valence-electron chi connectivity index (χ2n) is 6.12. The van der Waals surface area contributed by atoms with E-state index in [4.69, 9.17) is 0 Å². The molecule has 0 radical (unpaired) electrons. The zero-order chi connectivity index (χ0) is 11.5. The van der Waals surface area contributed by atoms with Crippen LogP contribution in [0.25, 0.3) is 0 Å². The smallest absolute Gasteiger partial charge is 0.00760 e. The van der Waals surface area contributed by atoms with Gasteiger partial charge >= 0.3 is 0 Å². The molecule has 16 heavy (non-hydrogen) atoms. The van der Waals surface area contributed by atoms with Crippen molar-refractivity contribution in [2.75, 3.05) is 27.2 Å². The molecule has 2 nitrogen and oxygen atoms in total. The Morgan fingerprint density at radius 1 is 1.31 bits per heavy atom. The highest BCUT2D eigenvalue weighted by Crippen LogP contribution is 2.48. The van der Waals surface area contributed by atoms with Crippen molar-refractivity contribution >= 4 is 0 Å². The van der Waals surface area contributed by atoms with E-state index in [1.54, 1.807) is 6.42 Å². The molecule has 2 heteroatoms. The Kier molecular flexibility index (Phi) is 4.26. The van der Waals surface area contributed by atoms with Crippen LogP contribution < -0.4 is 5.32 Å². The van der Waals surface area contributed by atoms with Crippen LogP contribution in [0.4, 0.5) is 0 Å². The minimum atomic E-state index is 0.728. The molecule has 2 bridgehead atoms. The molecule has 1 N–H and O–H groups in total. The lowest BCUT2D eigenvalue weighted by Crippen LogP contribution is -2.36. The summed E-state index contributed by atoms with van der Waals surface area (Å²) in [6, 6.07) is 0.728. The predicted molar refractivity (Wildman–Crippen MR) is 69.6 cm³/mol. The van der Waals surface area contributed by atoms with Gasteiger partial charge in [0.05, 0.1) is 0 Å². The van der Waals surface area contributed by atoms with E-state index < -0.39 is 0 Å². The van der Waals surface area contributed by atoms with E-state index in [0.717, 1.165) is 30.3 Å². The molecule has 0 aromatic heterocycles. The molecular formula is C14H28N2. The summed E-state index contributed by atoms with van der Waals surface area (Å²) in [5, 5.41) is 3.25. The molecule has 2 aliphatic carbocycles. The fraction of sp³-hybridized carbons (Fsp3) is 1.00. The number of hydrogen-bond acceptors (Lipinski definition) is 2. The van der Waals surface area contributed by atoms with Gasteiger partial charge in [-0.2, -0.15) is 0 Å². The predicted octanol–water partition coefficient (Wildman–Crippen LogP) is 2.35. The minimum Gasteiger partial charge on any atom is -0.320 e. The molecule has 0 saturated heterocycles. The number of fused-ring (bicyclic) bond motifs is 2. The Bertz CT molecular complexity index is 217. The van der Waals surface area contributed by atoms with Crippen molar-refractivity contribution < 1.29 is 0 Å². The highest BCUT2D eigenvalue weighted by molar-refractivity contribution is 4.91. The molecule has 0 aromatic rings. The first-order chi connectivity index (χ1) is 7.70. The fourth-order valence-electron chi connectivity index (χ4n) is 3.72. The van der Waals surface area contributed by atoms with Crippen LogP contribution in [0.5, 0.6) is 0 Å². The average Bonchev–Trinajstić information content (AvgIpc) is 2.87. The standard InChI is InChI=1S/C14H28N2/c1-11(6-7-15-2)16(3)10-14-9-12-4-5-13(14)8-12/h11-15H,4-10H2,1-3H3. The molecule has 0 heterocycles. The molecule has 2 aliphatic rings. The lowest BCUT2D eigenvalue weighted by atomic mass is 9.88. The highest BCUT2D eigenvalue weighted by Gasteiger charge is 2.39. The number of nitrogens with zero attached hydrogens (tertiary/aromatic N) is 1. The monoisotopic (exact) mass is 224 g/mol. The third-order valence-electron chi connectivity index (χ3n) is 4.97. The Morgan fingerprint density at radius 3 is 2.69 bits per heavy atom. The summed E-state index contributed by atoms with van der Waals surface area (Å²) < 4.78 is 0. The maximum absolute atomic E-state index is 3.25. The van der Waals surface area contributed by atoms with Crippen LogP contribution in [0.2, 0.25) is 0 Å². The molecule has 0 amide bonds. The zero-order valence-electron chi connectivity index (χ0n) is 11.2. The van der Waals surface area contributed by atoms with Gasteiger partial charge in [-0.05, 0) is 71.0 Å². The molecule has 2 saturated carbocycles. The molecular weight excluding hydrogens is 196 g/mol. The number of rotatable bonds is 6. The minimum absolute atomic E-state index is 0.728. The third kappa shape index (κ3) is 2.78. The quantitative estimate of drug-likeness (QED) is 0.745. The lowest BCUT2D eigenvalue weighted by molar-refractivity contribution is 0.175. The first kappa shape index (κ1) is 12.4. The number of hydrogen-bond donors (Lipinski definition) is 1. The SMILES string of the molecule is CNCCC(C)N(C)CC1CC2CCC1C2. The number of nitrogens with one attached hydrogen (secondary N) is 1. The van der Waals surface area contributed by atoms with Crippen LogP contribution in [-0.4, -0.2) is 38.1 Å². The van der Waals surface area contributed by atoms with Crippen LogP contribution in [0.3, 0.4) is 0 Å². The summed E-state index contributed by atoms with van der Waals surface area (Å²) in [4.78, 5) is 2.59. The zero-order valence-corrected chi connectivity index (χ0v) is 11.2. The van der Waals surface area contributed by atoms with Gasteiger partial charge in [-0.25, -0.2) is 0 Å². The normalized spacial score (nSPS) is 34.9. The van der Waals surface area contributed by atoms with Crippen molar-refractivity contribution in [2.24, 2.45) is 17.8 Å². The van der Waals surface area contributed by atoms with Gasteiger partial charge in [0.15, 0.2) is 0 Å². The van der Waals surface area contributed by atoms with E-state index in [2.05, 4.69) is 24.2 Å². The van der Waals surface area contributed by atoms with Crippen molar-refractivity contribution in [3.8, 4) is 0 Å². The summed E-state index contributed by atoms with van der Waals surface area (Å²) in [6.45, 7) is 4.85. The van der Waals surface area contributed by atoms with E-state index in [1.807, 2.05) is 7.05 Å². The maximum atomic E-state index is 3.25. The van der Waals surface area contributed by atoms with Gasteiger partial charge in [-0.1, -0.05) is 6.42 Å². The van der Waals surface area contributed by atoms with Gasteiger partial charge < -0.3 is 10.2 Å². The summed E-state index contributed by atoms with van der Waals surface area (Å²) >= 11 is 0. The first-order valence-corrected chi connectivity index (χ1v) is 7.05. The van der Waals surface area contributed by atoms with E-state index in [-0.39, 0.29) is 0 Å². The summed E-state index contributed by atoms with van der Waals surface area (Å²) in [7, 11) is 4.36. The van der Waals surface area contributed by atoms with Gasteiger partial charge in [-0.15, -0.1) is 0 Å². The second kappa shape index (κ2) is 5.50. The maximum Gasteiger partial charge on any atom is 0.00760 e. The van der Waals surface area contributed by atoms with Crippen LogP contribution in [0, 0.1) is 17.8 Å². The molecule has 0 spiro atoms. The van der Waals surface area contributed by atoms with Crippen LogP contribution in [-0.2, 0) is 0 Å². The highest BCUT2D eigenvalue weighted by atomic mass is 15.1. The van der Waals surface area contributed by atoms with Crippen molar-refractivity contribution in [1.82, 2.24) is 10.2 Å². The largest absolute Gasteiger partial charge is 0.320 e. The van der Waals surface area contributed by atoms with E-state index in [1.165, 1.54) is 32.2 Å². The van der Waals surface area contributed by atoms with Gasteiger partial charge in [-0.3, -0.25) is 0 Å². The van der Waals surface area contributed by atoms with Crippen LogP contribution in [0.1, 0.15) is 39.0 Å². The summed E-state index contributed by atoms with van der Waals surface area (Å²) in [5.74, 6) is 3.18. The van der Waals surface area contributed by atoms with Crippen molar-refractivity contribution in [2.45, 2.75) is 45.1 Å². The molecule has 0 aromatic carbocycles. The van der Waals surface area contributed by atoms with Crippen molar-refractivity contribution in [1.29, 1.82) is 0 Å². The molecule has 94 valence electrons. The van der Waals surface area contributed by atoms with E-state index >= 15 is 0 Å². The van der Waals surface area contributed by atoms with Crippen molar-refractivity contribution in [3.05, 3.63) is 0 Å². The van der Waals surface area contributed by atoms with E-state index in [9.17, 15) is 0 Å². The molecule has 4 unspecified atom stereocenters. The van der Waals surface area contributed by atoms with Gasteiger partial charge in [0, 0.05) is 12.6 Å². The van der Waals surface area contributed by atoms with Gasteiger partial charge in [0.2, 0.25) is 0 Å². The molecule has 2 fully saturated rings. The molecule has 0 aliphatic heterocycles. The first-order valence-electron chi connectivity index (χ1n) is 7.05. The Hall–Kier alpha value is -0.0800. The Labute approximate surface area is 101 Å². The lowest BCUT2D eigenvalue weighted by Gasteiger charge is -2.31. The Morgan fingerprint density at radius 2 is 2.12 bits per heavy atom. The summed E-state index contributed by atoms with van der Waals surface area (Å²) in [6.07, 6.45) is 7.39. The van der Waals surface area contributed by atoms with Crippen molar-refractivity contribution in [3.63, 3.8) is 0 Å². The van der Waals surface area contributed by atoms with Gasteiger partial charge in [0.1, 0.15) is 0 Å². The van der Waals surface area contributed by atoms with Crippen LogP contribution in [0.15, 0.2) is 0 Å².